The van der Waals surface area contributed by atoms with E-state index in [1.165, 1.54) is 11.1 Å². The minimum atomic E-state index is -0.568. The predicted molar refractivity (Wildman–Crippen MR) is 99.4 cm³/mol. The largest absolute Gasteiger partial charge is 0.355 e. The molecule has 0 aromatic heterocycles. The minimum Gasteiger partial charge on any atom is -0.355 e. The smallest absolute Gasteiger partial charge is 0.239 e. The van der Waals surface area contributed by atoms with Gasteiger partial charge in [0.25, 0.3) is 0 Å². The van der Waals surface area contributed by atoms with Crippen LogP contribution >= 0.6 is 0 Å². The summed E-state index contributed by atoms with van der Waals surface area (Å²) in [7, 11) is 0. The second-order valence-electron chi connectivity index (χ2n) is 6.38. The Balaban J connectivity index is 1.54. The molecule has 1 fully saturated rings. The first-order valence-corrected chi connectivity index (χ1v) is 8.91. The first-order chi connectivity index (χ1) is 12.2. The number of carbonyl (C=O) groups excluding carboxylic acids is 2. The molecule has 1 N–H and O–H groups in total. The number of carbonyl (C=O) groups is 2. The van der Waals surface area contributed by atoms with Crippen LogP contribution < -0.4 is 10.2 Å². The summed E-state index contributed by atoms with van der Waals surface area (Å²) in [5.74, 6) is -0.823. The maximum atomic E-state index is 12.6. The number of rotatable bonds is 6. The van der Waals surface area contributed by atoms with E-state index in [0.717, 1.165) is 18.5 Å². The number of nitrogens with zero attached hydrogens (tertiary/aromatic N) is 1. The van der Waals surface area contributed by atoms with Crippen molar-refractivity contribution in [2.24, 2.45) is 5.92 Å². The van der Waals surface area contributed by atoms with Crippen LogP contribution in [0, 0.1) is 5.92 Å². The Bertz CT molecular complexity index is 725. The maximum absolute atomic E-state index is 12.6. The molecule has 4 heteroatoms. The van der Waals surface area contributed by atoms with Crippen LogP contribution in [0.5, 0.6) is 0 Å². The minimum absolute atomic E-state index is 0.0959. The van der Waals surface area contributed by atoms with Gasteiger partial charge in [0.1, 0.15) is 5.92 Å². The van der Waals surface area contributed by atoms with Gasteiger partial charge in [0.2, 0.25) is 11.8 Å². The molecule has 0 spiro atoms. The lowest BCUT2D eigenvalue weighted by Gasteiger charge is -2.17. The van der Waals surface area contributed by atoms with Crippen molar-refractivity contribution in [1.82, 2.24) is 5.32 Å². The second kappa shape index (κ2) is 7.97. The molecule has 1 atom stereocenters. The Morgan fingerprint density at radius 2 is 1.80 bits per heavy atom. The predicted octanol–water partition coefficient (Wildman–Crippen LogP) is 2.96. The zero-order chi connectivity index (χ0) is 17.6. The molecule has 2 amide bonds. The molecule has 25 heavy (non-hydrogen) atoms. The van der Waals surface area contributed by atoms with Crippen LogP contribution in [0.2, 0.25) is 0 Å². The van der Waals surface area contributed by atoms with E-state index in [2.05, 4.69) is 12.2 Å². The lowest BCUT2D eigenvalue weighted by molar-refractivity contribution is -0.132. The number of hydrogen-bond donors (Lipinski definition) is 1. The zero-order valence-electron chi connectivity index (χ0n) is 14.6. The van der Waals surface area contributed by atoms with Gasteiger partial charge >= 0.3 is 0 Å². The van der Waals surface area contributed by atoms with Crippen LogP contribution in [0.1, 0.15) is 24.5 Å². The fourth-order valence-corrected chi connectivity index (χ4v) is 3.19. The Labute approximate surface area is 148 Å². The molecule has 0 bridgehead atoms. The maximum Gasteiger partial charge on any atom is 0.239 e. The molecular formula is C21H24N2O2. The molecule has 4 nitrogen and oxygen atoms in total. The highest BCUT2D eigenvalue weighted by Gasteiger charge is 2.37. The Morgan fingerprint density at radius 1 is 1.08 bits per heavy atom. The quantitative estimate of drug-likeness (QED) is 0.825. The molecule has 0 radical (unpaired) electrons. The highest BCUT2D eigenvalue weighted by atomic mass is 16.2. The number of anilines is 1. The van der Waals surface area contributed by atoms with Crippen molar-refractivity contribution in [1.29, 1.82) is 0 Å². The van der Waals surface area contributed by atoms with Gasteiger partial charge in [-0.3, -0.25) is 9.59 Å². The van der Waals surface area contributed by atoms with Crippen LogP contribution in [0.3, 0.4) is 0 Å². The molecule has 2 aromatic rings. The fourth-order valence-electron chi connectivity index (χ4n) is 3.19. The lowest BCUT2D eigenvalue weighted by atomic mass is 10.1. The molecule has 0 unspecified atom stereocenters. The van der Waals surface area contributed by atoms with Crippen LogP contribution in [-0.4, -0.2) is 24.9 Å². The molecular weight excluding hydrogens is 312 g/mol. The van der Waals surface area contributed by atoms with E-state index < -0.39 is 5.92 Å². The summed E-state index contributed by atoms with van der Waals surface area (Å²) < 4.78 is 0. The molecule has 1 heterocycles. The molecule has 2 aromatic carbocycles. The Kier molecular flexibility index (Phi) is 5.49. The van der Waals surface area contributed by atoms with Crippen molar-refractivity contribution in [2.75, 3.05) is 18.0 Å². The van der Waals surface area contributed by atoms with E-state index >= 15 is 0 Å². The Hall–Kier alpha value is -2.62. The van der Waals surface area contributed by atoms with Gasteiger partial charge in [0.15, 0.2) is 0 Å². The summed E-state index contributed by atoms with van der Waals surface area (Å²) in [5, 5.41) is 2.91. The van der Waals surface area contributed by atoms with Gasteiger partial charge in [0, 0.05) is 18.8 Å². The summed E-state index contributed by atoms with van der Waals surface area (Å²) in [6.45, 7) is 3.25. The average Bonchev–Trinajstić information content (AvgIpc) is 3.04. The molecule has 1 aliphatic heterocycles. The third kappa shape index (κ3) is 4.08. The SMILES string of the molecule is CCc1ccc(N2CC[C@@H](C(=O)NCCc3ccccc3)C2=O)cc1. The number of amides is 2. The molecule has 130 valence electrons. The van der Waals surface area contributed by atoms with Crippen molar-refractivity contribution in [2.45, 2.75) is 26.2 Å². The summed E-state index contributed by atoms with van der Waals surface area (Å²) in [6, 6.07) is 18.0. The van der Waals surface area contributed by atoms with Crippen molar-refractivity contribution in [3.63, 3.8) is 0 Å². The van der Waals surface area contributed by atoms with E-state index in [0.29, 0.717) is 19.5 Å². The van der Waals surface area contributed by atoms with Gasteiger partial charge in [-0.15, -0.1) is 0 Å². The van der Waals surface area contributed by atoms with Crippen molar-refractivity contribution in [3.8, 4) is 0 Å². The van der Waals surface area contributed by atoms with E-state index in [4.69, 9.17) is 0 Å². The van der Waals surface area contributed by atoms with Crippen LogP contribution in [0.25, 0.3) is 0 Å². The number of benzene rings is 2. The standard InChI is InChI=1S/C21H24N2O2/c1-2-16-8-10-18(11-9-16)23-15-13-19(21(23)25)20(24)22-14-12-17-6-4-3-5-7-17/h3-11,19H,2,12-15H2,1H3,(H,22,24)/t19-/m0/s1. The third-order valence-corrected chi connectivity index (χ3v) is 4.73. The lowest BCUT2D eigenvalue weighted by Crippen LogP contribution is -2.37. The van der Waals surface area contributed by atoms with Crippen molar-refractivity contribution >= 4 is 17.5 Å². The fraction of sp³-hybridized carbons (Fsp3) is 0.333. The third-order valence-electron chi connectivity index (χ3n) is 4.73. The summed E-state index contributed by atoms with van der Waals surface area (Å²) in [6.07, 6.45) is 2.32. The summed E-state index contributed by atoms with van der Waals surface area (Å²) in [4.78, 5) is 26.7. The second-order valence-corrected chi connectivity index (χ2v) is 6.38. The highest BCUT2D eigenvalue weighted by molar-refractivity contribution is 6.09. The number of nitrogens with one attached hydrogen (secondary N) is 1. The normalized spacial score (nSPS) is 16.9. The molecule has 1 saturated heterocycles. The van der Waals surface area contributed by atoms with Crippen LogP contribution in [0.15, 0.2) is 54.6 Å². The van der Waals surface area contributed by atoms with Crippen molar-refractivity contribution < 1.29 is 9.59 Å². The van der Waals surface area contributed by atoms with Gasteiger partial charge in [-0.25, -0.2) is 0 Å². The highest BCUT2D eigenvalue weighted by Crippen LogP contribution is 2.25. The van der Waals surface area contributed by atoms with Crippen LogP contribution in [-0.2, 0) is 22.4 Å². The first-order valence-electron chi connectivity index (χ1n) is 8.91. The average molecular weight is 336 g/mol. The molecule has 0 saturated carbocycles. The van der Waals surface area contributed by atoms with Gasteiger partial charge in [-0.2, -0.15) is 0 Å². The van der Waals surface area contributed by atoms with Gasteiger partial charge in [0.05, 0.1) is 0 Å². The summed E-state index contributed by atoms with van der Waals surface area (Å²) >= 11 is 0. The Morgan fingerprint density at radius 3 is 2.48 bits per heavy atom. The topological polar surface area (TPSA) is 49.4 Å². The molecule has 1 aliphatic rings. The first kappa shape index (κ1) is 17.2. The zero-order valence-corrected chi connectivity index (χ0v) is 14.6. The van der Waals surface area contributed by atoms with Crippen molar-refractivity contribution in [3.05, 3.63) is 65.7 Å². The van der Waals surface area contributed by atoms with Gasteiger partial charge in [-0.1, -0.05) is 49.4 Å². The monoisotopic (exact) mass is 336 g/mol. The van der Waals surface area contributed by atoms with E-state index in [9.17, 15) is 9.59 Å². The molecule has 0 aliphatic carbocycles. The molecule has 3 rings (SSSR count). The van der Waals surface area contributed by atoms with E-state index in [1.807, 2.05) is 54.6 Å². The number of hydrogen-bond acceptors (Lipinski definition) is 2. The number of aryl methyl sites for hydroxylation is 1. The van der Waals surface area contributed by atoms with E-state index in [1.54, 1.807) is 4.90 Å². The van der Waals surface area contributed by atoms with E-state index in [-0.39, 0.29) is 11.8 Å². The summed E-state index contributed by atoms with van der Waals surface area (Å²) in [5.41, 5.74) is 3.30. The van der Waals surface area contributed by atoms with Crippen LogP contribution in [0.4, 0.5) is 5.69 Å². The van der Waals surface area contributed by atoms with Gasteiger partial charge in [-0.05, 0) is 42.5 Å². The van der Waals surface area contributed by atoms with Gasteiger partial charge < -0.3 is 10.2 Å².